The van der Waals surface area contributed by atoms with Crippen LogP contribution in [-0.4, -0.2) is 37.7 Å². The van der Waals surface area contributed by atoms with Crippen LogP contribution in [-0.2, 0) is 0 Å². The van der Waals surface area contributed by atoms with E-state index in [1.165, 1.54) is 12.8 Å². The zero-order valence-corrected chi connectivity index (χ0v) is 15.6. The fourth-order valence-electron chi connectivity index (χ4n) is 3.33. The number of para-hydroxylation sites is 1. The van der Waals surface area contributed by atoms with Crippen LogP contribution in [0, 0.1) is 0 Å². The Hall–Kier alpha value is -2.24. The molecule has 0 radical (unpaired) electrons. The molecule has 1 aliphatic rings. The van der Waals surface area contributed by atoms with Crippen molar-refractivity contribution in [3.8, 4) is 5.75 Å². The number of likely N-dealkylation sites (tertiary alicyclic amines) is 1. The number of hydrogen-bond donors (Lipinski definition) is 2. The molecule has 0 saturated carbocycles. The maximum Gasteiger partial charge on any atom is 0.319 e. The van der Waals surface area contributed by atoms with E-state index in [1.807, 2.05) is 18.2 Å². The maximum absolute atomic E-state index is 12.3. The molecule has 1 heterocycles. The summed E-state index contributed by atoms with van der Waals surface area (Å²) in [5, 5.41) is 6.47. The van der Waals surface area contributed by atoms with Crippen molar-refractivity contribution in [3.63, 3.8) is 0 Å². The Morgan fingerprint density at radius 2 is 1.85 bits per heavy atom. The number of rotatable bonds is 6. The summed E-state index contributed by atoms with van der Waals surface area (Å²) in [6.45, 7) is 2.58. The van der Waals surface area contributed by atoms with E-state index >= 15 is 0 Å². The fourth-order valence-corrected chi connectivity index (χ4v) is 3.45. The van der Waals surface area contributed by atoms with E-state index in [4.69, 9.17) is 16.3 Å². The molecule has 1 atom stereocenters. The van der Waals surface area contributed by atoms with Crippen LogP contribution in [0.2, 0.25) is 5.02 Å². The molecule has 2 aromatic rings. The van der Waals surface area contributed by atoms with Gasteiger partial charge in [-0.1, -0.05) is 29.8 Å². The third-order valence-electron chi connectivity index (χ3n) is 4.64. The van der Waals surface area contributed by atoms with Gasteiger partial charge in [-0.25, -0.2) is 4.79 Å². The minimum atomic E-state index is -0.230. The lowest BCUT2D eigenvalue weighted by molar-refractivity contribution is 0.224. The average Bonchev–Trinajstić information content (AvgIpc) is 3.18. The van der Waals surface area contributed by atoms with Crippen molar-refractivity contribution < 1.29 is 9.53 Å². The second-order valence-corrected chi connectivity index (χ2v) is 6.78. The smallest absolute Gasteiger partial charge is 0.319 e. The van der Waals surface area contributed by atoms with Crippen molar-refractivity contribution in [3.05, 3.63) is 59.1 Å². The SMILES string of the molecule is COc1ccccc1[C@@H](CNC(=O)Nc1ccc(Cl)cc1)N1CCCC1. The Morgan fingerprint density at radius 1 is 1.15 bits per heavy atom. The van der Waals surface area contributed by atoms with Gasteiger partial charge in [0.25, 0.3) is 0 Å². The molecule has 0 unspecified atom stereocenters. The third kappa shape index (κ3) is 4.68. The first-order chi connectivity index (χ1) is 12.7. The average molecular weight is 374 g/mol. The highest BCUT2D eigenvalue weighted by Crippen LogP contribution is 2.31. The zero-order chi connectivity index (χ0) is 18.4. The maximum atomic E-state index is 12.3. The number of hydrogen-bond acceptors (Lipinski definition) is 3. The summed E-state index contributed by atoms with van der Waals surface area (Å²) in [7, 11) is 1.68. The first-order valence-corrected chi connectivity index (χ1v) is 9.22. The largest absolute Gasteiger partial charge is 0.496 e. The molecule has 0 bridgehead atoms. The van der Waals surface area contributed by atoms with Crippen LogP contribution in [0.1, 0.15) is 24.4 Å². The summed E-state index contributed by atoms with van der Waals surface area (Å²) in [5.41, 5.74) is 1.81. The molecular weight excluding hydrogens is 350 g/mol. The van der Waals surface area contributed by atoms with Crippen LogP contribution in [0.15, 0.2) is 48.5 Å². The Labute approximate surface area is 159 Å². The van der Waals surface area contributed by atoms with Crippen LogP contribution >= 0.6 is 11.6 Å². The first kappa shape index (κ1) is 18.5. The van der Waals surface area contributed by atoms with Crippen molar-refractivity contribution in [2.45, 2.75) is 18.9 Å². The van der Waals surface area contributed by atoms with Gasteiger partial charge in [0.05, 0.1) is 13.2 Å². The molecule has 0 spiro atoms. The molecule has 0 aliphatic carbocycles. The molecule has 2 aromatic carbocycles. The molecule has 138 valence electrons. The zero-order valence-electron chi connectivity index (χ0n) is 14.9. The minimum absolute atomic E-state index is 0.0876. The second-order valence-electron chi connectivity index (χ2n) is 6.34. The van der Waals surface area contributed by atoms with Crippen molar-refractivity contribution in [2.75, 3.05) is 32.1 Å². The number of carbonyl (C=O) groups is 1. The molecule has 26 heavy (non-hydrogen) atoms. The van der Waals surface area contributed by atoms with Crippen LogP contribution in [0.3, 0.4) is 0 Å². The van der Waals surface area contributed by atoms with Gasteiger partial charge in [-0.3, -0.25) is 4.90 Å². The van der Waals surface area contributed by atoms with Gasteiger partial charge in [0.1, 0.15) is 5.75 Å². The Morgan fingerprint density at radius 3 is 2.54 bits per heavy atom. The van der Waals surface area contributed by atoms with Gasteiger partial charge in [-0.2, -0.15) is 0 Å². The van der Waals surface area contributed by atoms with Crippen LogP contribution in [0.5, 0.6) is 5.75 Å². The number of benzene rings is 2. The summed E-state index contributed by atoms with van der Waals surface area (Å²) in [4.78, 5) is 14.7. The van der Waals surface area contributed by atoms with Crippen molar-refractivity contribution in [2.24, 2.45) is 0 Å². The van der Waals surface area contributed by atoms with E-state index in [2.05, 4.69) is 21.6 Å². The monoisotopic (exact) mass is 373 g/mol. The number of halogens is 1. The van der Waals surface area contributed by atoms with Crippen molar-refractivity contribution in [1.82, 2.24) is 10.2 Å². The van der Waals surface area contributed by atoms with Gasteiger partial charge < -0.3 is 15.4 Å². The number of anilines is 1. The minimum Gasteiger partial charge on any atom is -0.496 e. The van der Waals surface area contributed by atoms with E-state index in [0.29, 0.717) is 17.3 Å². The molecule has 0 aromatic heterocycles. The predicted octanol–water partition coefficient (Wildman–Crippen LogP) is 4.31. The number of nitrogens with one attached hydrogen (secondary N) is 2. The number of urea groups is 1. The topological polar surface area (TPSA) is 53.6 Å². The number of nitrogens with zero attached hydrogens (tertiary/aromatic N) is 1. The third-order valence-corrected chi connectivity index (χ3v) is 4.89. The number of methoxy groups -OCH3 is 1. The van der Waals surface area contributed by atoms with Gasteiger partial charge in [0.15, 0.2) is 0 Å². The second kappa shape index (κ2) is 8.92. The van der Waals surface area contributed by atoms with Gasteiger partial charge in [-0.05, 0) is 56.3 Å². The molecular formula is C20H24ClN3O2. The molecule has 5 nitrogen and oxygen atoms in total. The highest BCUT2D eigenvalue weighted by Gasteiger charge is 2.26. The molecule has 1 saturated heterocycles. The van der Waals surface area contributed by atoms with Crippen LogP contribution in [0.4, 0.5) is 10.5 Å². The highest BCUT2D eigenvalue weighted by molar-refractivity contribution is 6.30. The van der Waals surface area contributed by atoms with E-state index in [-0.39, 0.29) is 12.1 Å². The van der Waals surface area contributed by atoms with Crippen molar-refractivity contribution >= 4 is 23.3 Å². The Bertz CT molecular complexity index is 730. The van der Waals surface area contributed by atoms with Crippen LogP contribution < -0.4 is 15.4 Å². The lowest BCUT2D eigenvalue weighted by atomic mass is 10.0. The molecule has 1 fully saturated rings. The summed E-state index contributed by atoms with van der Waals surface area (Å²) in [6, 6.07) is 14.9. The van der Waals surface area contributed by atoms with E-state index in [9.17, 15) is 4.79 Å². The standard InChI is InChI=1S/C20H24ClN3O2/c1-26-19-7-3-2-6-17(19)18(24-12-4-5-13-24)14-22-20(25)23-16-10-8-15(21)9-11-16/h2-3,6-11,18H,4-5,12-14H2,1H3,(H2,22,23,25)/t18-/m1/s1. The van der Waals surface area contributed by atoms with Gasteiger partial charge in [0, 0.05) is 22.8 Å². The van der Waals surface area contributed by atoms with Crippen LogP contribution in [0.25, 0.3) is 0 Å². The summed E-state index contributed by atoms with van der Waals surface area (Å²) in [6.07, 6.45) is 2.37. The molecule has 2 N–H and O–H groups in total. The summed E-state index contributed by atoms with van der Waals surface area (Å²) < 4.78 is 5.53. The highest BCUT2D eigenvalue weighted by atomic mass is 35.5. The van der Waals surface area contributed by atoms with E-state index in [0.717, 1.165) is 24.4 Å². The summed E-state index contributed by atoms with van der Waals surface area (Å²) >= 11 is 5.87. The molecule has 6 heteroatoms. The first-order valence-electron chi connectivity index (χ1n) is 8.85. The molecule has 3 rings (SSSR count). The quantitative estimate of drug-likeness (QED) is 0.793. The van der Waals surface area contributed by atoms with Gasteiger partial charge >= 0.3 is 6.03 Å². The number of amides is 2. The lowest BCUT2D eigenvalue weighted by Crippen LogP contribution is -2.38. The normalized spacial score (nSPS) is 15.5. The van der Waals surface area contributed by atoms with E-state index in [1.54, 1.807) is 31.4 Å². The number of carbonyl (C=O) groups excluding carboxylic acids is 1. The Balaban J connectivity index is 1.67. The number of ether oxygens (including phenoxy) is 1. The fraction of sp³-hybridized carbons (Fsp3) is 0.350. The van der Waals surface area contributed by atoms with Crippen molar-refractivity contribution in [1.29, 1.82) is 0 Å². The molecule has 1 aliphatic heterocycles. The van der Waals surface area contributed by atoms with E-state index < -0.39 is 0 Å². The Kier molecular flexibility index (Phi) is 6.36. The lowest BCUT2D eigenvalue weighted by Gasteiger charge is -2.29. The predicted molar refractivity (Wildman–Crippen MR) is 105 cm³/mol. The van der Waals surface area contributed by atoms with Gasteiger partial charge in [-0.15, -0.1) is 0 Å². The molecule has 2 amide bonds. The van der Waals surface area contributed by atoms with Gasteiger partial charge in [0.2, 0.25) is 0 Å². The summed E-state index contributed by atoms with van der Waals surface area (Å²) in [5.74, 6) is 0.851.